The number of aromatic nitrogens is 1. The lowest BCUT2D eigenvalue weighted by Crippen LogP contribution is -1.96. The number of fused-ring (bicyclic) bond motifs is 2. The molecular formula is C29H24N2. The molecule has 0 saturated heterocycles. The van der Waals surface area contributed by atoms with Crippen molar-refractivity contribution in [2.45, 2.75) is 6.92 Å². The summed E-state index contributed by atoms with van der Waals surface area (Å²) in [6.07, 6.45) is 8.36. The fourth-order valence-electron chi connectivity index (χ4n) is 3.99. The van der Waals surface area contributed by atoms with Crippen molar-refractivity contribution < 1.29 is 0 Å². The monoisotopic (exact) mass is 400 g/mol. The topological polar surface area (TPSA) is 17.0 Å². The van der Waals surface area contributed by atoms with Gasteiger partial charge < -0.3 is 9.88 Å². The standard InChI is InChI=1S/C29H24N2/c1-2-3-5-14-27-21-24-19-26(30-25-12-6-4-7-13-25)16-18-29(24)31(27)28-17-15-22-10-8-9-11-23(22)20-28/h2-21,30H,1H3/b3-2-,14-5-. The number of nitrogens with one attached hydrogen (secondary N) is 1. The molecule has 0 spiro atoms. The summed E-state index contributed by atoms with van der Waals surface area (Å²) in [7, 11) is 0. The highest BCUT2D eigenvalue weighted by Gasteiger charge is 2.10. The van der Waals surface area contributed by atoms with E-state index in [1.807, 2.05) is 31.2 Å². The normalized spacial score (nSPS) is 11.8. The Kier molecular flexibility index (Phi) is 5.12. The van der Waals surface area contributed by atoms with Gasteiger partial charge in [0.2, 0.25) is 0 Å². The van der Waals surface area contributed by atoms with Crippen LogP contribution in [0.4, 0.5) is 11.4 Å². The highest BCUT2D eigenvalue weighted by Crippen LogP contribution is 2.30. The van der Waals surface area contributed by atoms with Crippen LogP contribution in [0.1, 0.15) is 12.6 Å². The molecule has 0 saturated carbocycles. The molecule has 2 nitrogen and oxygen atoms in total. The molecule has 0 amide bonds. The third-order valence-corrected chi connectivity index (χ3v) is 5.45. The molecule has 4 aromatic carbocycles. The first-order valence-electron chi connectivity index (χ1n) is 10.6. The highest BCUT2D eigenvalue weighted by molar-refractivity contribution is 5.91. The van der Waals surface area contributed by atoms with E-state index in [2.05, 4.69) is 107 Å². The van der Waals surface area contributed by atoms with Crippen LogP contribution in [0.5, 0.6) is 0 Å². The summed E-state index contributed by atoms with van der Waals surface area (Å²) in [5.41, 5.74) is 5.68. The lowest BCUT2D eigenvalue weighted by atomic mass is 10.1. The van der Waals surface area contributed by atoms with E-state index >= 15 is 0 Å². The molecule has 0 fully saturated rings. The van der Waals surface area contributed by atoms with E-state index < -0.39 is 0 Å². The highest BCUT2D eigenvalue weighted by atomic mass is 15.0. The van der Waals surface area contributed by atoms with E-state index in [1.165, 1.54) is 21.7 Å². The van der Waals surface area contributed by atoms with Crippen LogP contribution < -0.4 is 5.32 Å². The number of hydrogen-bond donors (Lipinski definition) is 1. The maximum absolute atomic E-state index is 3.50. The Morgan fingerprint density at radius 3 is 2.29 bits per heavy atom. The van der Waals surface area contributed by atoms with E-state index in [0.717, 1.165) is 22.8 Å². The van der Waals surface area contributed by atoms with E-state index in [0.29, 0.717) is 0 Å². The quantitative estimate of drug-likeness (QED) is 0.295. The van der Waals surface area contributed by atoms with Crippen molar-refractivity contribution in [3.63, 3.8) is 0 Å². The number of hydrogen-bond acceptors (Lipinski definition) is 1. The van der Waals surface area contributed by atoms with Gasteiger partial charge >= 0.3 is 0 Å². The Hall–Kier alpha value is -4.04. The first kappa shape index (κ1) is 19.0. The van der Waals surface area contributed by atoms with Gasteiger partial charge in [0.1, 0.15) is 0 Å². The zero-order valence-electron chi connectivity index (χ0n) is 17.5. The van der Waals surface area contributed by atoms with E-state index in [9.17, 15) is 0 Å². The molecule has 150 valence electrons. The number of nitrogens with zero attached hydrogens (tertiary/aromatic N) is 1. The second-order valence-electron chi connectivity index (χ2n) is 7.59. The molecule has 1 heterocycles. The largest absolute Gasteiger partial charge is 0.356 e. The molecule has 0 aliphatic carbocycles. The number of anilines is 2. The van der Waals surface area contributed by atoms with Gasteiger partial charge in [-0.25, -0.2) is 0 Å². The first-order chi connectivity index (χ1) is 15.3. The van der Waals surface area contributed by atoms with Crippen molar-refractivity contribution in [2.24, 2.45) is 0 Å². The van der Waals surface area contributed by atoms with Gasteiger partial charge in [-0.2, -0.15) is 0 Å². The Balaban J connectivity index is 1.64. The smallest absolute Gasteiger partial charge is 0.0536 e. The minimum atomic E-state index is 1.08. The average Bonchev–Trinajstić information content (AvgIpc) is 3.17. The summed E-state index contributed by atoms with van der Waals surface area (Å²) in [5.74, 6) is 0. The van der Waals surface area contributed by atoms with E-state index in [-0.39, 0.29) is 0 Å². The van der Waals surface area contributed by atoms with Crippen LogP contribution in [-0.2, 0) is 0 Å². The maximum atomic E-state index is 3.50. The third-order valence-electron chi connectivity index (χ3n) is 5.45. The van der Waals surface area contributed by atoms with Gasteiger partial charge in [0.15, 0.2) is 0 Å². The first-order valence-corrected chi connectivity index (χ1v) is 10.6. The SMILES string of the molecule is C/C=C\C=C/c1cc2cc(Nc3ccccc3)ccc2n1-c1ccc2ccccc2c1. The molecular weight excluding hydrogens is 376 g/mol. The number of rotatable bonds is 5. The minimum Gasteiger partial charge on any atom is -0.356 e. The van der Waals surface area contributed by atoms with Crippen molar-refractivity contribution in [2.75, 3.05) is 5.32 Å². The number of para-hydroxylation sites is 1. The second kappa shape index (κ2) is 8.37. The van der Waals surface area contributed by atoms with Crippen LogP contribution >= 0.6 is 0 Å². The molecule has 5 rings (SSSR count). The van der Waals surface area contributed by atoms with Crippen LogP contribution in [0.2, 0.25) is 0 Å². The van der Waals surface area contributed by atoms with Gasteiger partial charge in [-0.1, -0.05) is 66.8 Å². The predicted octanol–water partition coefficient (Wildman–Crippen LogP) is 8.12. The Morgan fingerprint density at radius 2 is 1.45 bits per heavy atom. The summed E-state index contributed by atoms with van der Waals surface area (Å²) in [6, 6.07) is 34.2. The molecule has 0 aliphatic rings. The number of benzene rings is 4. The molecule has 1 N–H and O–H groups in total. The summed E-state index contributed by atoms with van der Waals surface area (Å²) in [5, 5.41) is 7.20. The molecule has 0 atom stereocenters. The predicted molar refractivity (Wildman–Crippen MR) is 134 cm³/mol. The molecule has 5 aromatic rings. The van der Waals surface area contributed by atoms with Crippen LogP contribution in [-0.4, -0.2) is 4.57 Å². The van der Waals surface area contributed by atoms with Gasteiger partial charge in [0.05, 0.1) is 5.52 Å². The van der Waals surface area contributed by atoms with Crippen molar-refractivity contribution in [3.05, 3.63) is 121 Å². The van der Waals surface area contributed by atoms with Crippen LogP contribution in [0, 0.1) is 0 Å². The van der Waals surface area contributed by atoms with Gasteiger partial charge in [-0.05, 0) is 72.3 Å². The van der Waals surface area contributed by atoms with E-state index in [4.69, 9.17) is 0 Å². The van der Waals surface area contributed by atoms with Gasteiger partial charge in [-0.3, -0.25) is 0 Å². The van der Waals surface area contributed by atoms with Crippen LogP contribution in [0.25, 0.3) is 33.4 Å². The maximum Gasteiger partial charge on any atom is 0.0536 e. The Labute approximate surface area is 182 Å². The van der Waals surface area contributed by atoms with Crippen molar-refractivity contribution in [1.82, 2.24) is 4.57 Å². The molecule has 31 heavy (non-hydrogen) atoms. The van der Waals surface area contributed by atoms with Crippen molar-refractivity contribution in [1.29, 1.82) is 0 Å². The van der Waals surface area contributed by atoms with Crippen LogP contribution in [0.15, 0.2) is 115 Å². The fourth-order valence-corrected chi connectivity index (χ4v) is 3.99. The Bertz CT molecular complexity index is 1410. The zero-order chi connectivity index (χ0) is 21.0. The lowest BCUT2D eigenvalue weighted by molar-refractivity contribution is 1.11. The van der Waals surface area contributed by atoms with Gasteiger partial charge in [-0.15, -0.1) is 0 Å². The van der Waals surface area contributed by atoms with Gasteiger partial charge in [0.25, 0.3) is 0 Å². The number of allylic oxidation sites excluding steroid dienone is 3. The van der Waals surface area contributed by atoms with Crippen molar-refractivity contribution in [3.8, 4) is 5.69 Å². The average molecular weight is 401 g/mol. The molecule has 0 unspecified atom stereocenters. The van der Waals surface area contributed by atoms with Gasteiger partial charge in [0, 0.05) is 28.1 Å². The summed E-state index contributed by atoms with van der Waals surface area (Å²) in [4.78, 5) is 0. The molecule has 1 aromatic heterocycles. The second-order valence-corrected chi connectivity index (χ2v) is 7.59. The Morgan fingerprint density at radius 1 is 0.645 bits per heavy atom. The molecule has 2 heteroatoms. The summed E-state index contributed by atoms with van der Waals surface area (Å²) >= 11 is 0. The third kappa shape index (κ3) is 3.88. The van der Waals surface area contributed by atoms with Crippen LogP contribution in [0.3, 0.4) is 0 Å². The van der Waals surface area contributed by atoms with E-state index in [1.54, 1.807) is 0 Å². The zero-order valence-corrected chi connectivity index (χ0v) is 17.5. The summed E-state index contributed by atoms with van der Waals surface area (Å²) in [6.45, 7) is 2.03. The fraction of sp³-hybridized carbons (Fsp3) is 0.0345. The molecule has 0 radical (unpaired) electrons. The molecule has 0 bridgehead atoms. The summed E-state index contributed by atoms with van der Waals surface area (Å²) < 4.78 is 2.33. The van der Waals surface area contributed by atoms with Crippen molar-refractivity contribution >= 4 is 39.1 Å². The molecule has 0 aliphatic heterocycles. The minimum absolute atomic E-state index is 1.08. The lowest BCUT2D eigenvalue weighted by Gasteiger charge is -2.11.